The maximum absolute atomic E-state index is 13.0. The SMILES string of the molecule is C=C(COC)c1ccc2c(N3C(=O)c4ccccc4C3=O)nn(C(=O)OC(C)(C)C)c2c1. The van der Waals surface area contributed by atoms with Crippen LogP contribution in [-0.4, -0.2) is 47.0 Å². The van der Waals surface area contributed by atoms with E-state index >= 15 is 0 Å². The van der Waals surface area contributed by atoms with Gasteiger partial charge in [-0.3, -0.25) is 9.59 Å². The van der Waals surface area contributed by atoms with E-state index < -0.39 is 23.5 Å². The molecule has 0 unspecified atom stereocenters. The van der Waals surface area contributed by atoms with Crippen LogP contribution in [0.1, 0.15) is 47.1 Å². The largest absolute Gasteiger partial charge is 0.442 e. The van der Waals surface area contributed by atoms with E-state index in [1.165, 1.54) is 0 Å². The molecule has 8 nitrogen and oxygen atoms in total. The number of hydrogen-bond donors (Lipinski definition) is 0. The van der Waals surface area contributed by atoms with E-state index in [0.717, 1.165) is 15.1 Å². The van der Waals surface area contributed by atoms with Gasteiger partial charge in [-0.2, -0.15) is 4.68 Å². The molecule has 1 aliphatic heterocycles. The molecule has 2 aromatic carbocycles. The Morgan fingerprint density at radius 2 is 1.69 bits per heavy atom. The summed E-state index contributed by atoms with van der Waals surface area (Å²) in [5, 5.41) is 4.81. The summed E-state index contributed by atoms with van der Waals surface area (Å²) < 4.78 is 11.7. The molecule has 0 atom stereocenters. The van der Waals surface area contributed by atoms with Crippen LogP contribution in [0.3, 0.4) is 0 Å². The first-order valence-electron chi connectivity index (χ1n) is 10.0. The molecule has 0 radical (unpaired) electrons. The molecule has 0 spiro atoms. The number of ether oxygens (including phenoxy) is 2. The van der Waals surface area contributed by atoms with Crippen LogP contribution in [0, 0.1) is 0 Å². The van der Waals surface area contributed by atoms with Crippen molar-refractivity contribution in [3.63, 3.8) is 0 Å². The highest BCUT2D eigenvalue weighted by Gasteiger charge is 2.39. The van der Waals surface area contributed by atoms with Crippen LogP contribution in [-0.2, 0) is 9.47 Å². The number of aromatic nitrogens is 2. The molecule has 2 amide bonds. The van der Waals surface area contributed by atoms with Gasteiger partial charge in [0.25, 0.3) is 11.8 Å². The first-order chi connectivity index (χ1) is 15.1. The summed E-state index contributed by atoms with van der Waals surface area (Å²) in [7, 11) is 1.56. The number of carbonyl (C=O) groups excluding carboxylic acids is 3. The zero-order valence-corrected chi connectivity index (χ0v) is 18.3. The van der Waals surface area contributed by atoms with E-state index in [-0.39, 0.29) is 5.82 Å². The van der Waals surface area contributed by atoms with Crippen LogP contribution >= 0.6 is 0 Å². The highest BCUT2D eigenvalue weighted by Crippen LogP contribution is 2.34. The number of rotatable bonds is 4. The topological polar surface area (TPSA) is 90.7 Å². The van der Waals surface area contributed by atoms with Crippen LogP contribution < -0.4 is 4.90 Å². The van der Waals surface area contributed by atoms with Gasteiger partial charge in [0, 0.05) is 12.5 Å². The molecule has 0 fully saturated rings. The molecule has 0 saturated heterocycles. The van der Waals surface area contributed by atoms with E-state index in [9.17, 15) is 14.4 Å². The lowest BCUT2D eigenvalue weighted by Gasteiger charge is -2.19. The number of hydrogen-bond acceptors (Lipinski definition) is 6. The van der Waals surface area contributed by atoms with E-state index in [1.807, 2.05) is 0 Å². The Kier molecular flexibility index (Phi) is 5.18. The molecular weight excluding hydrogens is 410 g/mol. The number of amides is 2. The normalized spacial score (nSPS) is 13.6. The third kappa shape index (κ3) is 3.58. The lowest BCUT2D eigenvalue weighted by atomic mass is 10.1. The van der Waals surface area contributed by atoms with Gasteiger partial charge in [-0.25, -0.2) is 9.69 Å². The fraction of sp³-hybridized carbons (Fsp3) is 0.250. The molecule has 0 saturated carbocycles. The van der Waals surface area contributed by atoms with Gasteiger partial charge in [0.05, 0.1) is 23.3 Å². The minimum absolute atomic E-state index is 0.0703. The monoisotopic (exact) mass is 433 g/mol. The molecule has 1 aromatic heterocycles. The number of nitrogens with zero attached hydrogens (tertiary/aromatic N) is 3. The molecule has 0 bridgehead atoms. The molecule has 8 heteroatoms. The molecule has 1 aliphatic rings. The van der Waals surface area contributed by atoms with Gasteiger partial charge in [-0.15, -0.1) is 5.10 Å². The Balaban J connectivity index is 1.89. The van der Waals surface area contributed by atoms with Crippen LogP contribution in [0.5, 0.6) is 0 Å². The van der Waals surface area contributed by atoms with Gasteiger partial charge >= 0.3 is 6.09 Å². The number of benzene rings is 2. The van der Waals surface area contributed by atoms with Crippen LogP contribution in [0.15, 0.2) is 49.0 Å². The van der Waals surface area contributed by atoms with Crippen molar-refractivity contribution in [2.24, 2.45) is 0 Å². The smallest absolute Gasteiger partial charge is 0.435 e. The molecule has 0 aliphatic carbocycles. The maximum atomic E-state index is 13.0. The zero-order valence-electron chi connectivity index (χ0n) is 18.3. The fourth-order valence-corrected chi connectivity index (χ4v) is 3.57. The van der Waals surface area contributed by atoms with Gasteiger partial charge in [-0.1, -0.05) is 24.8 Å². The van der Waals surface area contributed by atoms with Crippen molar-refractivity contribution in [3.05, 3.63) is 65.7 Å². The predicted octanol–water partition coefficient (Wildman–Crippen LogP) is 4.28. The third-order valence-corrected chi connectivity index (χ3v) is 4.96. The van der Waals surface area contributed by atoms with Gasteiger partial charge in [0.15, 0.2) is 5.82 Å². The maximum Gasteiger partial charge on any atom is 0.435 e. The second-order valence-electron chi connectivity index (χ2n) is 8.48. The standard InChI is InChI=1S/C24H23N3O5/c1-14(13-31-5)15-10-11-18-19(12-15)27(23(30)32-24(2,3)4)25-20(18)26-21(28)16-8-6-7-9-17(16)22(26)29/h6-12H,1,13H2,2-5H3. The lowest BCUT2D eigenvalue weighted by Crippen LogP contribution is -2.31. The van der Waals surface area contributed by atoms with Crippen molar-refractivity contribution < 1.29 is 23.9 Å². The average molecular weight is 433 g/mol. The summed E-state index contributed by atoms with van der Waals surface area (Å²) in [5.74, 6) is -0.913. The minimum Gasteiger partial charge on any atom is -0.442 e. The summed E-state index contributed by atoms with van der Waals surface area (Å²) in [5.41, 5.74) is 1.65. The quantitative estimate of drug-likeness (QED) is 0.571. The van der Waals surface area contributed by atoms with Crippen LogP contribution in [0.25, 0.3) is 16.5 Å². The number of anilines is 1. The Morgan fingerprint density at radius 1 is 1.06 bits per heavy atom. The second-order valence-corrected chi connectivity index (χ2v) is 8.48. The Hall–Kier alpha value is -3.78. The summed E-state index contributed by atoms with van der Waals surface area (Å²) in [6.07, 6.45) is -0.722. The van der Waals surface area contributed by atoms with Crippen LogP contribution in [0.4, 0.5) is 10.6 Å². The van der Waals surface area contributed by atoms with Gasteiger partial charge in [0.2, 0.25) is 0 Å². The molecule has 164 valence electrons. The predicted molar refractivity (Wildman–Crippen MR) is 120 cm³/mol. The minimum atomic E-state index is -0.762. The highest BCUT2D eigenvalue weighted by atomic mass is 16.6. The zero-order chi connectivity index (χ0) is 23.2. The summed E-state index contributed by atoms with van der Waals surface area (Å²) in [4.78, 5) is 40.0. The van der Waals surface area contributed by atoms with E-state index in [2.05, 4.69) is 11.7 Å². The van der Waals surface area contributed by atoms with Crippen molar-refractivity contribution in [2.75, 3.05) is 18.6 Å². The van der Waals surface area contributed by atoms with Gasteiger partial charge in [-0.05, 0) is 56.2 Å². The molecule has 2 heterocycles. The summed E-state index contributed by atoms with van der Waals surface area (Å²) in [6.45, 7) is 9.54. The molecule has 3 aromatic rings. The lowest BCUT2D eigenvalue weighted by molar-refractivity contribution is 0.0521. The summed E-state index contributed by atoms with van der Waals surface area (Å²) in [6, 6.07) is 11.8. The molecule has 4 rings (SSSR count). The van der Waals surface area contributed by atoms with E-state index in [0.29, 0.717) is 34.2 Å². The fourth-order valence-electron chi connectivity index (χ4n) is 3.57. The number of imide groups is 1. The van der Waals surface area contributed by atoms with Crippen molar-refractivity contribution in [3.8, 4) is 0 Å². The van der Waals surface area contributed by atoms with E-state index in [1.54, 1.807) is 70.3 Å². The first-order valence-corrected chi connectivity index (χ1v) is 10.0. The number of fused-ring (bicyclic) bond motifs is 2. The van der Waals surface area contributed by atoms with Gasteiger partial charge < -0.3 is 9.47 Å². The third-order valence-electron chi connectivity index (χ3n) is 4.96. The van der Waals surface area contributed by atoms with Gasteiger partial charge in [0.1, 0.15) is 5.60 Å². The second kappa shape index (κ2) is 7.72. The van der Waals surface area contributed by atoms with Crippen LogP contribution in [0.2, 0.25) is 0 Å². The molecule has 32 heavy (non-hydrogen) atoms. The van der Waals surface area contributed by atoms with E-state index in [4.69, 9.17) is 9.47 Å². The Labute approximate surface area is 185 Å². The van der Waals surface area contributed by atoms with Crippen molar-refractivity contribution in [1.29, 1.82) is 0 Å². The molecular formula is C24H23N3O5. The Bertz CT molecular complexity index is 1250. The number of carbonyl (C=O) groups is 3. The van der Waals surface area contributed by atoms with Crippen molar-refractivity contribution in [1.82, 2.24) is 9.78 Å². The van der Waals surface area contributed by atoms with Crippen molar-refractivity contribution >= 4 is 40.2 Å². The average Bonchev–Trinajstić information content (AvgIpc) is 3.22. The molecule has 0 N–H and O–H groups in total. The van der Waals surface area contributed by atoms with Crippen molar-refractivity contribution in [2.45, 2.75) is 26.4 Å². The highest BCUT2D eigenvalue weighted by molar-refractivity contribution is 6.35. The summed E-state index contributed by atoms with van der Waals surface area (Å²) >= 11 is 0. The first kappa shape index (κ1) is 21.5. The number of methoxy groups -OCH3 is 1. The Morgan fingerprint density at radius 3 is 2.25 bits per heavy atom.